The van der Waals surface area contributed by atoms with E-state index in [1.807, 2.05) is 21.8 Å². The van der Waals surface area contributed by atoms with Gasteiger partial charge in [-0.1, -0.05) is 0 Å². The molecule has 1 fully saturated rings. The highest BCUT2D eigenvalue weighted by atomic mass is 16.5. The van der Waals surface area contributed by atoms with Crippen molar-refractivity contribution in [1.82, 2.24) is 24.9 Å². The van der Waals surface area contributed by atoms with Crippen molar-refractivity contribution < 1.29 is 9.53 Å². The van der Waals surface area contributed by atoms with Gasteiger partial charge in [-0.05, 0) is 25.8 Å². The van der Waals surface area contributed by atoms with E-state index >= 15 is 0 Å². The SMILES string of the molecule is COCCN1CCN(C(=O)NC2CCCn3nccc32)CC1C. The van der Waals surface area contributed by atoms with E-state index < -0.39 is 0 Å². The molecule has 2 amide bonds. The van der Waals surface area contributed by atoms with E-state index in [1.165, 1.54) is 0 Å². The second-order valence-corrected chi connectivity index (χ2v) is 6.45. The van der Waals surface area contributed by atoms with Crippen molar-refractivity contribution >= 4 is 6.03 Å². The van der Waals surface area contributed by atoms with Crippen molar-refractivity contribution in [3.8, 4) is 0 Å². The monoisotopic (exact) mass is 321 g/mol. The third-order valence-electron chi connectivity index (χ3n) is 4.90. The largest absolute Gasteiger partial charge is 0.383 e. The van der Waals surface area contributed by atoms with Crippen LogP contribution >= 0.6 is 0 Å². The second kappa shape index (κ2) is 7.31. The van der Waals surface area contributed by atoms with Crippen molar-refractivity contribution in [2.75, 3.05) is 39.9 Å². The Hall–Kier alpha value is -1.60. The van der Waals surface area contributed by atoms with Gasteiger partial charge < -0.3 is 15.0 Å². The van der Waals surface area contributed by atoms with E-state index in [4.69, 9.17) is 4.74 Å². The summed E-state index contributed by atoms with van der Waals surface area (Å²) in [5, 5.41) is 7.50. The van der Waals surface area contributed by atoms with Gasteiger partial charge in [0, 0.05) is 52.1 Å². The Labute approximate surface area is 137 Å². The van der Waals surface area contributed by atoms with Gasteiger partial charge in [0.25, 0.3) is 0 Å². The maximum Gasteiger partial charge on any atom is 0.318 e. The Balaban J connectivity index is 1.54. The van der Waals surface area contributed by atoms with Gasteiger partial charge in [0.2, 0.25) is 0 Å². The van der Waals surface area contributed by atoms with Crippen molar-refractivity contribution in [3.05, 3.63) is 18.0 Å². The molecule has 2 aliphatic heterocycles. The summed E-state index contributed by atoms with van der Waals surface area (Å²) < 4.78 is 7.15. The first kappa shape index (κ1) is 16.3. The molecule has 3 rings (SSSR count). The number of methoxy groups -OCH3 is 1. The smallest absolute Gasteiger partial charge is 0.318 e. The summed E-state index contributed by atoms with van der Waals surface area (Å²) in [4.78, 5) is 16.9. The number of amides is 2. The summed E-state index contributed by atoms with van der Waals surface area (Å²) in [5.41, 5.74) is 1.12. The third-order valence-corrected chi connectivity index (χ3v) is 4.90. The van der Waals surface area contributed by atoms with Crippen LogP contribution in [0.4, 0.5) is 4.79 Å². The van der Waals surface area contributed by atoms with E-state index in [1.54, 1.807) is 7.11 Å². The number of ether oxygens (including phenoxy) is 1. The number of rotatable bonds is 4. The number of nitrogens with zero attached hydrogens (tertiary/aromatic N) is 4. The minimum absolute atomic E-state index is 0.0443. The number of carbonyl (C=O) groups excluding carboxylic acids is 1. The number of hydrogen-bond acceptors (Lipinski definition) is 4. The van der Waals surface area contributed by atoms with Crippen LogP contribution in [0.1, 0.15) is 31.5 Å². The fraction of sp³-hybridized carbons (Fsp3) is 0.750. The molecule has 0 bridgehead atoms. The summed E-state index contributed by atoms with van der Waals surface area (Å²) in [7, 11) is 1.73. The Morgan fingerprint density at radius 1 is 1.43 bits per heavy atom. The molecule has 7 heteroatoms. The van der Waals surface area contributed by atoms with Gasteiger partial charge in [-0.25, -0.2) is 4.79 Å². The van der Waals surface area contributed by atoms with E-state index in [-0.39, 0.29) is 12.1 Å². The first-order valence-corrected chi connectivity index (χ1v) is 8.49. The average Bonchev–Trinajstić information content (AvgIpc) is 3.03. The third kappa shape index (κ3) is 3.67. The summed E-state index contributed by atoms with van der Waals surface area (Å²) in [6.45, 7) is 7.22. The van der Waals surface area contributed by atoms with Crippen LogP contribution in [0.5, 0.6) is 0 Å². The fourth-order valence-corrected chi connectivity index (χ4v) is 3.53. The number of fused-ring (bicyclic) bond motifs is 1. The molecular weight excluding hydrogens is 294 g/mol. The predicted octanol–water partition coefficient (Wildman–Crippen LogP) is 1.08. The molecule has 7 nitrogen and oxygen atoms in total. The van der Waals surface area contributed by atoms with Gasteiger partial charge in [-0.15, -0.1) is 0 Å². The lowest BCUT2D eigenvalue weighted by Gasteiger charge is -2.40. The van der Waals surface area contributed by atoms with Gasteiger partial charge in [-0.2, -0.15) is 5.10 Å². The molecular formula is C16H27N5O2. The summed E-state index contributed by atoms with van der Waals surface area (Å²) in [6.07, 6.45) is 3.86. The van der Waals surface area contributed by atoms with E-state index in [0.29, 0.717) is 6.04 Å². The Morgan fingerprint density at radius 2 is 2.30 bits per heavy atom. The van der Waals surface area contributed by atoms with Crippen molar-refractivity contribution in [3.63, 3.8) is 0 Å². The number of carbonyl (C=O) groups is 1. The van der Waals surface area contributed by atoms with E-state index in [9.17, 15) is 4.79 Å². The highest BCUT2D eigenvalue weighted by Gasteiger charge is 2.29. The molecule has 23 heavy (non-hydrogen) atoms. The first-order chi connectivity index (χ1) is 11.2. The first-order valence-electron chi connectivity index (χ1n) is 8.49. The van der Waals surface area contributed by atoms with Crippen molar-refractivity contribution in [2.45, 2.75) is 38.4 Å². The van der Waals surface area contributed by atoms with Gasteiger partial charge in [-0.3, -0.25) is 9.58 Å². The molecule has 0 radical (unpaired) electrons. The normalized spacial score (nSPS) is 25.2. The number of nitrogens with one attached hydrogen (secondary N) is 1. The topological polar surface area (TPSA) is 62.6 Å². The van der Waals surface area contributed by atoms with Gasteiger partial charge >= 0.3 is 6.03 Å². The number of aromatic nitrogens is 2. The average molecular weight is 321 g/mol. The van der Waals surface area contributed by atoms with Crippen molar-refractivity contribution in [1.29, 1.82) is 0 Å². The number of piperazine rings is 1. The van der Waals surface area contributed by atoms with E-state index in [2.05, 4.69) is 22.2 Å². The second-order valence-electron chi connectivity index (χ2n) is 6.45. The predicted molar refractivity (Wildman–Crippen MR) is 87.2 cm³/mol. The maximum absolute atomic E-state index is 12.6. The van der Waals surface area contributed by atoms with Crippen LogP contribution in [-0.2, 0) is 11.3 Å². The molecule has 0 aromatic carbocycles. The number of hydrogen-bond donors (Lipinski definition) is 1. The van der Waals surface area contributed by atoms with Crippen LogP contribution < -0.4 is 5.32 Å². The van der Waals surface area contributed by atoms with Crippen LogP contribution in [0, 0.1) is 0 Å². The van der Waals surface area contributed by atoms with Crippen molar-refractivity contribution in [2.24, 2.45) is 0 Å². The standard InChI is InChI=1S/C16H27N5O2/c1-13-12-20(9-8-19(13)10-11-23-2)16(22)18-14-4-3-7-21-15(14)5-6-17-21/h5-6,13-14H,3-4,7-12H2,1-2H3,(H,18,22). The summed E-state index contributed by atoms with van der Waals surface area (Å²) in [5.74, 6) is 0. The minimum Gasteiger partial charge on any atom is -0.383 e. The molecule has 128 valence electrons. The molecule has 3 heterocycles. The number of aryl methyl sites for hydroxylation is 1. The van der Waals surface area contributed by atoms with Crippen LogP contribution in [0.3, 0.4) is 0 Å². The molecule has 2 atom stereocenters. The summed E-state index contributed by atoms with van der Waals surface area (Å²) >= 11 is 0. The zero-order chi connectivity index (χ0) is 16.2. The molecule has 1 aromatic rings. The molecule has 1 N–H and O–H groups in total. The molecule has 1 aromatic heterocycles. The molecule has 2 unspecified atom stereocenters. The molecule has 0 saturated carbocycles. The lowest BCUT2D eigenvalue weighted by atomic mass is 10.0. The minimum atomic E-state index is 0.0443. The quantitative estimate of drug-likeness (QED) is 0.901. The lowest BCUT2D eigenvalue weighted by molar-refractivity contribution is 0.0702. The summed E-state index contributed by atoms with van der Waals surface area (Å²) in [6, 6.07) is 2.50. The molecule has 0 aliphatic carbocycles. The van der Waals surface area contributed by atoms with Crippen LogP contribution in [-0.4, -0.2) is 71.5 Å². The zero-order valence-corrected chi connectivity index (χ0v) is 14.1. The van der Waals surface area contributed by atoms with Gasteiger partial charge in [0.15, 0.2) is 0 Å². The van der Waals surface area contributed by atoms with Crippen LogP contribution in [0.2, 0.25) is 0 Å². The highest BCUT2D eigenvalue weighted by Crippen LogP contribution is 2.24. The molecule has 0 spiro atoms. The Kier molecular flexibility index (Phi) is 5.17. The van der Waals surface area contributed by atoms with Gasteiger partial charge in [0.1, 0.15) is 0 Å². The number of urea groups is 1. The van der Waals surface area contributed by atoms with Gasteiger partial charge in [0.05, 0.1) is 18.3 Å². The maximum atomic E-state index is 12.6. The molecule has 2 aliphatic rings. The molecule has 1 saturated heterocycles. The van der Waals surface area contributed by atoms with Crippen LogP contribution in [0.15, 0.2) is 12.3 Å². The van der Waals surface area contributed by atoms with E-state index in [0.717, 1.165) is 57.9 Å². The Bertz CT molecular complexity index is 532. The Morgan fingerprint density at radius 3 is 3.09 bits per heavy atom. The lowest BCUT2D eigenvalue weighted by Crippen LogP contribution is -2.56. The van der Waals surface area contributed by atoms with Crippen LogP contribution in [0.25, 0.3) is 0 Å². The highest BCUT2D eigenvalue weighted by molar-refractivity contribution is 5.74. The fourth-order valence-electron chi connectivity index (χ4n) is 3.53. The zero-order valence-electron chi connectivity index (χ0n) is 14.1.